The molecule has 1 fully saturated rings. The van der Waals surface area contributed by atoms with E-state index in [-0.39, 0.29) is 10.6 Å². The molecule has 6 nitrogen and oxygen atoms in total. The molecule has 3 N–H and O–H groups in total. The Balaban J connectivity index is 2.20. The number of nitrogens with zero attached hydrogens (tertiary/aromatic N) is 2. The van der Waals surface area contributed by atoms with Crippen LogP contribution in [-0.2, 0) is 10.0 Å². The van der Waals surface area contributed by atoms with E-state index in [0.717, 1.165) is 31.6 Å². The molecule has 0 atom stereocenters. The van der Waals surface area contributed by atoms with Gasteiger partial charge in [-0.05, 0) is 58.2 Å². The summed E-state index contributed by atoms with van der Waals surface area (Å²) in [6.07, 6.45) is 2.20. The van der Waals surface area contributed by atoms with Gasteiger partial charge < -0.3 is 15.5 Å². The first-order valence-corrected chi connectivity index (χ1v) is 8.58. The van der Waals surface area contributed by atoms with Crippen LogP contribution in [0.3, 0.4) is 0 Å². The van der Waals surface area contributed by atoms with Gasteiger partial charge in [-0.25, -0.2) is 13.1 Å². The predicted molar refractivity (Wildman–Crippen MR) is 86.0 cm³/mol. The van der Waals surface area contributed by atoms with Crippen LogP contribution in [0.1, 0.15) is 12.8 Å². The van der Waals surface area contributed by atoms with Crippen LogP contribution >= 0.6 is 0 Å². The molecule has 0 amide bonds. The topological polar surface area (TPSA) is 78.7 Å². The Morgan fingerprint density at radius 2 is 1.95 bits per heavy atom. The number of benzene rings is 1. The highest BCUT2D eigenvalue weighted by Crippen LogP contribution is 2.27. The minimum absolute atomic E-state index is 0.130. The van der Waals surface area contributed by atoms with E-state index in [9.17, 15) is 8.42 Å². The van der Waals surface area contributed by atoms with Crippen LogP contribution in [0.4, 0.5) is 11.4 Å². The number of hydrogen-bond acceptors (Lipinski definition) is 5. The molecule has 0 spiro atoms. The number of likely N-dealkylation sites (tertiary alicyclic amines) is 1. The third kappa shape index (κ3) is 3.48. The number of rotatable bonds is 4. The van der Waals surface area contributed by atoms with Gasteiger partial charge in [-0.1, -0.05) is 0 Å². The first-order chi connectivity index (χ1) is 9.85. The average Bonchev–Trinajstić information content (AvgIpc) is 2.47. The fraction of sp³-hybridized carbons (Fsp3) is 0.571. The van der Waals surface area contributed by atoms with Crippen molar-refractivity contribution < 1.29 is 8.42 Å². The average molecular weight is 312 g/mol. The maximum absolute atomic E-state index is 11.8. The number of hydrogen-bond donors (Lipinski definition) is 2. The molecule has 1 saturated heterocycles. The van der Waals surface area contributed by atoms with Crippen LogP contribution in [0, 0.1) is 0 Å². The molecule has 0 unspecified atom stereocenters. The lowest BCUT2D eigenvalue weighted by Gasteiger charge is -2.36. The number of anilines is 2. The SMILES string of the molecule is CNS(=O)(=O)c1ccc(N(C)C2CCN(C)CC2)cc1N. The van der Waals surface area contributed by atoms with E-state index >= 15 is 0 Å². The normalized spacial score (nSPS) is 17.9. The molecule has 0 radical (unpaired) electrons. The van der Waals surface area contributed by atoms with E-state index in [1.54, 1.807) is 12.1 Å². The summed E-state index contributed by atoms with van der Waals surface area (Å²) in [5.41, 5.74) is 7.15. The van der Waals surface area contributed by atoms with E-state index in [0.29, 0.717) is 6.04 Å². The van der Waals surface area contributed by atoms with Crippen molar-refractivity contribution in [2.45, 2.75) is 23.8 Å². The van der Waals surface area contributed by atoms with Crippen molar-refractivity contribution in [1.29, 1.82) is 0 Å². The standard InChI is InChI=1S/C14H24N4O2S/c1-16-21(19,20)14-5-4-12(10-13(14)15)18(3)11-6-8-17(2)9-7-11/h4-5,10-11,16H,6-9,15H2,1-3H3. The molecule has 118 valence electrons. The van der Waals surface area contributed by atoms with E-state index in [1.165, 1.54) is 7.05 Å². The smallest absolute Gasteiger partial charge is 0.242 e. The largest absolute Gasteiger partial charge is 0.398 e. The molecule has 1 aromatic carbocycles. The van der Waals surface area contributed by atoms with Gasteiger partial charge in [0, 0.05) is 18.8 Å². The molecule has 1 aliphatic rings. The molecule has 0 bridgehead atoms. The molecule has 2 rings (SSSR count). The first-order valence-electron chi connectivity index (χ1n) is 7.09. The quantitative estimate of drug-likeness (QED) is 0.801. The summed E-state index contributed by atoms with van der Waals surface area (Å²) in [5.74, 6) is 0. The molecule has 0 aromatic heterocycles. The molecular weight excluding hydrogens is 288 g/mol. The highest BCUT2D eigenvalue weighted by atomic mass is 32.2. The van der Waals surface area contributed by atoms with Crippen molar-refractivity contribution in [1.82, 2.24) is 9.62 Å². The second kappa shape index (κ2) is 6.21. The van der Waals surface area contributed by atoms with Crippen molar-refractivity contribution in [2.75, 3.05) is 44.9 Å². The lowest BCUT2D eigenvalue weighted by molar-refractivity contribution is 0.253. The second-order valence-electron chi connectivity index (χ2n) is 5.58. The summed E-state index contributed by atoms with van der Waals surface area (Å²) in [4.78, 5) is 4.64. The zero-order valence-corrected chi connectivity index (χ0v) is 13.7. The van der Waals surface area contributed by atoms with Crippen molar-refractivity contribution in [2.24, 2.45) is 0 Å². The second-order valence-corrected chi connectivity index (χ2v) is 7.43. The Morgan fingerprint density at radius 3 is 2.48 bits per heavy atom. The van der Waals surface area contributed by atoms with Crippen molar-refractivity contribution in [3.05, 3.63) is 18.2 Å². The third-order valence-corrected chi connectivity index (χ3v) is 5.68. The van der Waals surface area contributed by atoms with Gasteiger partial charge >= 0.3 is 0 Å². The van der Waals surface area contributed by atoms with E-state index < -0.39 is 10.0 Å². The summed E-state index contributed by atoms with van der Waals surface area (Å²) >= 11 is 0. The van der Waals surface area contributed by atoms with E-state index in [1.807, 2.05) is 13.1 Å². The number of sulfonamides is 1. The minimum Gasteiger partial charge on any atom is -0.398 e. The zero-order valence-electron chi connectivity index (χ0n) is 12.8. The summed E-state index contributed by atoms with van der Waals surface area (Å²) in [7, 11) is 2.05. The van der Waals surface area contributed by atoms with Gasteiger partial charge in [-0.3, -0.25) is 0 Å². The van der Waals surface area contributed by atoms with Gasteiger partial charge in [-0.2, -0.15) is 0 Å². The van der Waals surface area contributed by atoms with Gasteiger partial charge in [0.1, 0.15) is 4.90 Å². The van der Waals surface area contributed by atoms with Gasteiger partial charge in [0.05, 0.1) is 5.69 Å². The highest BCUT2D eigenvalue weighted by molar-refractivity contribution is 7.89. The first kappa shape index (κ1) is 16.1. The Labute approximate surface area is 127 Å². The van der Waals surface area contributed by atoms with Crippen LogP contribution in [0.2, 0.25) is 0 Å². The van der Waals surface area contributed by atoms with Gasteiger partial charge in [0.2, 0.25) is 10.0 Å². The maximum Gasteiger partial charge on any atom is 0.242 e. The van der Waals surface area contributed by atoms with Gasteiger partial charge in [0.25, 0.3) is 0 Å². The molecular formula is C14H24N4O2S. The molecule has 1 aromatic rings. The molecule has 7 heteroatoms. The Hall–Kier alpha value is -1.31. The van der Waals surface area contributed by atoms with Crippen LogP contribution in [0.25, 0.3) is 0 Å². The lowest BCUT2D eigenvalue weighted by atomic mass is 10.0. The fourth-order valence-electron chi connectivity index (χ4n) is 2.70. The number of piperidine rings is 1. The molecule has 1 heterocycles. The number of nitrogens with one attached hydrogen (secondary N) is 1. The van der Waals surface area contributed by atoms with Crippen LogP contribution in [-0.4, -0.2) is 53.6 Å². The number of nitrogen functional groups attached to an aromatic ring is 1. The Morgan fingerprint density at radius 1 is 1.33 bits per heavy atom. The van der Waals surface area contributed by atoms with Crippen molar-refractivity contribution in [3.63, 3.8) is 0 Å². The van der Waals surface area contributed by atoms with Crippen molar-refractivity contribution in [3.8, 4) is 0 Å². The number of nitrogens with two attached hydrogens (primary N) is 1. The summed E-state index contributed by atoms with van der Waals surface area (Å²) in [6, 6.07) is 5.59. The predicted octanol–water partition coefficient (Wildman–Crippen LogP) is 0.707. The fourth-order valence-corrected chi connectivity index (χ4v) is 3.54. The molecule has 0 saturated carbocycles. The summed E-state index contributed by atoms with van der Waals surface area (Å²) in [6.45, 7) is 2.16. The van der Waals surface area contributed by atoms with E-state index in [2.05, 4.69) is 21.6 Å². The van der Waals surface area contributed by atoms with Crippen LogP contribution in [0.5, 0.6) is 0 Å². The van der Waals surface area contributed by atoms with Crippen LogP contribution < -0.4 is 15.4 Å². The van der Waals surface area contributed by atoms with Gasteiger partial charge in [0.15, 0.2) is 0 Å². The summed E-state index contributed by atoms with van der Waals surface area (Å²) in [5, 5.41) is 0. The van der Waals surface area contributed by atoms with Gasteiger partial charge in [-0.15, -0.1) is 0 Å². The highest BCUT2D eigenvalue weighted by Gasteiger charge is 2.22. The minimum atomic E-state index is -3.50. The Kier molecular flexibility index (Phi) is 4.75. The molecule has 21 heavy (non-hydrogen) atoms. The monoisotopic (exact) mass is 312 g/mol. The Bertz CT molecular complexity index is 595. The lowest BCUT2D eigenvalue weighted by Crippen LogP contribution is -2.42. The maximum atomic E-state index is 11.8. The third-order valence-electron chi connectivity index (χ3n) is 4.19. The van der Waals surface area contributed by atoms with Crippen molar-refractivity contribution >= 4 is 21.4 Å². The van der Waals surface area contributed by atoms with Crippen LogP contribution in [0.15, 0.2) is 23.1 Å². The molecule has 0 aliphatic carbocycles. The zero-order chi connectivity index (χ0) is 15.6. The summed E-state index contributed by atoms with van der Waals surface area (Å²) < 4.78 is 25.9. The van der Waals surface area contributed by atoms with E-state index in [4.69, 9.17) is 5.73 Å². The molecule has 1 aliphatic heterocycles.